The highest BCUT2D eigenvalue weighted by molar-refractivity contribution is 6.04. The number of carbonyl (C=O) groups is 1. The van der Waals surface area contributed by atoms with Crippen molar-refractivity contribution in [3.8, 4) is 11.8 Å². The molecule has 5 rings (SSSR count). The van der Waals surface area contributed by atoms with Gasteiger partial charge >= 0.3 is 0 Å². The number of nitrogens with one attached hydrogen (secondary N) is 2. The summed E-state index contributed by atoms with van der Waals surface area (Å²) in [6.45, 7) is 1.69. The van der Waals surface area contributed by atoms with Gasteiger partial charge in [-0.1, -0.05) is 0 Å². The third-order valence-corrected chi connectivity index (χ3v) is 5.69. The predicted molar refractivity (Wildman–Crippen MR) is 119 cm³/mol. The molecule has 0 radical (unpaired) electrons. The number of fused-ring (bicyclic) bond motifs is 1. The van der Waals surface area contributed by atoms with Gasteiger partial charge in [-0.3, -0.25) is 9.48 Å². The van der Waals surface area contributed by atoms with Gasteiger partial charge in [0.25, 0.3) is 5.91 Å². The minimum atomic E-state index is -0.399. The third kappa shape index (κ3) is 4.33. The minimum absolute atomic E-state index is 0.137. The van der Waals surface area contributed by atoms with Crippen LogP contribution in [0.4, 0.5) is 11.5 Å². The normalized spacial score (nSPS) is 18.0. The van der Waals surface area contributed by atoms with Crippen molar-refractivity contribution in [2.75, 3.05) is 29.9 Å². The van der Waals surface area contributed by atoms with Crippen molar-refractivity contribution < 1.29 is 9.53 Å². The van der Waals surface area contributed by atoms with Gasteiger partial charge in [0.1, 0.15) is 23.3 Å². The highest BCUT2D eigenvalue weighted by Gasteiger charge is 2.29. The Hall–Kier alpha value is -3.71. The summed E-state index contributed by atoms with van der Waals surface area (Å²) in [5.41, 5.74) is 1.37. The van der Waals surface area contributed by atoms with Crippen molar-refractivity contribution in [2.45, 2.75) is 31.3 Å². The second-order valence-electron chi connectivity index (χ2n) is 8.24. The molecular weight excluding hydrogens is 408 g/mol. The third-order valence-electron chi connectivity index (χ3n) is 5.69. The Morgan fingerprint density at radius 2 is 2.12 bits per heavy atom. The lowest BCUT2D eigenvalue weighted by Gasteiger charge is -2.17. The summed E-state index contributed by atoms with van der Waals surface area (Å²) in [5.74, 6) is 0.752. The fraction of sp³-hybridized carbons (Fsp3) is 0.409. The number of hydrogen-bond acceptors (Lipinski definition) is 8. The number of nitrogens with zero attached hydrogens (tertiary/aromatic N) is 6. The van der Waals surface area contributed by atoms with Crippen molar-refractivity contribution >= 4 is 28.3 Å². The van der Waals surface area contributed by atoms with Crippen molar-refractivity contribution in [3.05, 3.63) is 36.4 Å². The maximum absolute atomic E-state index is 12.8. The van der Waals surface area contributed by atoms with Gasteiger partial charge in [0, 0.05) is 49.9 Å². The largest absolute Gasteiger partial charge is 0.476 e. The molecule has 1 amide bonds. The predicted octanol–water partition coefficient (Wildman–Crippen LogP) is 1.85. The lowest BCUT2D eigenvalue weighted by Crippen LogP contribution is -2.34. The molecule has 1 aliphatic heterocycles. The molecule has 0 spiro atoms. The number of ether oxygens (including phenoxy) is 1. The number of aryl methyl sites for hydroxylation is 1. The van der Waals surface area contributed by atoms with E-state index < -0.39 is 5.91 Å². The summed E-state index contributed by atoms with van der Waals surface area (Å²) in [6.07, 6.45) is 8.61. The van der Waals surface area contributed by atoms with Crippen LogP contribution >= 0.6 is 0 Å². The van der Waals surface area contributed by atoms with E-state index in [1.807, 2.05) is 19.3 Å². The van der Waals surface area contributed by atoms with E-state index in [2.05, 4.69) is 30.6 Å². The van der Waals surface area contributed by atoms with Crippen molar-refractivity contribution in [1.82, 2.24) is 25.1 Å². The minimum Gasteiger partial charge on any atom is -0.476 e. The average molecular weight is 432 g/mol. The van der Waals surface area contributed by atoms with Gasteiger partial charge in [-0.2, -0.15) is 10.4 Å². The Balaban J connectivity index is 1.29. The summed E-state index contributed by atoms with van der Waals surface area (Å²) >= 11 is 0. The molecule has 1 aliphatic carbocycles. The molecule has 0 unspecified atom stereocenters. The quantitative estimate of drug-likeness (QED) is 0.580. The Morgan fingerprint density at radius 3 is 2.88 bits per heavy atom. The van der Waals surface area contributed by atoms with Gasteiger partial charge in [-0.05, 0) is 25.3 Å². The van der Waals surface area contributed by atoms with Crippen LogP contribution in [0, 0.1) is 11.3 Å². The number of nitriles is 1. The molecule has 2 fully saturated rings. The molecule has 1 saturated heterocycles. The summed E-state index contributed by atoms with van der Waals surface area (Å²) in [7, 11) is 1.82. The van der Waals surface area contributed by atoms with Gasteiger partial charge in [0.2, 0.25) is 0 Å². The highest BCUT2D eigenvalue weighted by Crippen LogP contribution is 2.30. The molecule has 1 aromatic carbocycles. The fourth-order valence-electron chi connectivity index (χ4n) is 3.98. The number of carbonyl (C=O) groups excluding carboxylic acids is 1. The zero-order valence-corrected chi connectivity index (χ0v) is 17.8. The summed E-state index contributed by atoms with van der Waals surface area (Å²) < 4.78 is 7.17. The first-order valence-electron chi connectivity index (χ1n) is 10.7. The van der Waals surface area contributed by atoms with E-state index in [0.717, 1.165) is 30.7 Å². The lowest BCUT2D eigenvalue weighted by molar-refractivity contribution is 0.102. The molecule has 2 aromatic heterocycles. The standard InChI is InChI=1S/C22H24N8O2/c1-29-12-14-8-18(20(32-7-5-23)9-17(14)28-29)27-22(31)19-10-25-21(11-24-19)30-6-4-16(13-30)26-15-2-3-15/h8-12,15-16,26H,2-4,6-7,13H2,1H3,(H,27,31)/t16-/m0/s1. The summed E-state index contributed by atoms with van der Waals surface area (Å²) in [4.78, 5) is 23.8. The van der Waals surface area contributed by atoms with E-state index in [-0.39, 0.29) is 12.3 Å². The molecule has 3 heterocycles. The van der Waals surface area contributed by atoms with Gasteiger partial charge in [0.05, 0.1) is 23.6 Å². The number of hydrogen-bond donors (Lipinski definition) is 2. The number of rotatable bonds is 7. The highest BCUT2D eigenvalue weighted by atomic mass is 16.5. The molecule has 164 valence electrons. The molecule has 2 aliphatic rings. The maximum Gasteiger partial charge on any atom is 0.275 e. The molecule has 10 heteroatoms. The first-order valence-corrected chi connectivity index (χ1v) is 10.7. The molecular formula is C22H24N8O2. The number of aromatic nitrogens is 4. The molecule has 0 bridgehead atoms. The molecule has 10 nitrogen and oxygen atoms in total. The summed E-state index contributed by atoms with van der Waals surface area (Å²) in [6, 6.07) is 6.59. The van der Waals surface area contributed by atoms with Gasteiger partial charge < -0.3 is 20.3 Å². The van der Waals surface area contributed by atoms with Crippen LogP contribution in [0.2, 0.25) is 0 Å². The molecule has 1 atom stereocenters. The molecule has 3 aromatic rings. The van der Waals surface area contributed by atoms with E-state index in [1.54, 1.807) is 23.0 Å². The van der Waals surface area contributed by atoms with Crippen molar-refractivity contribution in [1.29, 1.82) is 5.26 Å². The van der Waals surface area contributed by atoms with E-state index in [9.17, 15) is 4.79 Å². The Kier molecular flexibility index (Phi) is 5.33. The van der Waals surface area contributed by atoms with Crippen LogP contribution in [-0.2, 0) is 7.05 Å². The van der Waals surface area contributed by atoms with Crippen LogP contribution in [0.15, 0.2) is 30.7 Å². The number of amides is 1. The van der Waals surface area contributed by atoms with Crippen molar-refractivity contribution in [3.63, 3.8) is 0 Å². The zero-order valence-electron chi connectivity index (χ0n) is 17.8. The second-order valence-corrected chi connectivity index (χ2v) is 8.24. The van der Waals surface area contributed by atoms with E-state index in [4.69, 9.17) is 10.00 Å². The maximum atomic E-state index is 12.8. The molecule has 32 heavy (non-hydrogen) atoms. The van der Waals surface area contributed by atoms with Crippen LogP contribution in [0.5, 0.6) is 5.75 Å². The molecule has 1 saturated carbocycles. The Bertz CT molecular complexity index is 1180. The summed E-state index contributed by atoms with van der Waals surface area (Å²) in [5, 5.41) is 20.5. The number of benzene rings is 1. The van der Waals surface area contributed by atoms with Gasteiger partial charge in [-0.25, -0.2) is 9.97 Å². The average Bonchev–Trinajstić information content (AvgIpc) is 3.35. The van der Waals surface area contributed by atoms with Crippen LogP contribution in [0.3, 0.4) is 0 Å². The smallest absolute Gasteiger partial charge is 0.275 e. The van der Waals surface area contributed by atoms with E-state index >= 15 is 0 Å². The topological polar surface area (TPSA) is 121 Å². The van der Waals surface area contributed by atoms with Gasteiger partial charge in [0.15, 0.2) is 6.61 Å². The first-order chi connectivity index (χ1) is 15.6. The number of anilines is 2. The van der Waals surface area contributed by atoms with E-state index in [1.165, 1.54) is 19.0 Å². The van der Waals surface area contributed by atoms with Crippen LogP contribution in [0.1, 0.15) is 29.8 Å². The second kappa shape index (κ2) is 8.43. The fourth-order valence-corrected chi connectivity index (χ4v) is 3.98. The van der Waals surface area contributed by atoms with E-state index in [0.29, 0.717) is 29.0 Å². The van der Waals surface area contributed by atoms with Gasteiger partial charge in [-0.15, -0.1) is 0 Å². The van der Waals surface area contributed by atoms with Crippen LogP contribution in [-0.4, -0.2) is 57.4 Å². The first kappa shape index (κ1) is 20.2. The van der Waals surface area contributed by atoms with Crippen LogP contribution in [0.25, 0.3) is 10.9 Å². The molecule has 2 N–H and O–H groups in total. The van der Waals surface area contributed by atoms with Crippen molar-refractivity contribution in [2.24, 2.45) is 7.05 Å². The Labute approximate surface area is 185 Å². The zero-order chi connectivity index (χ0) is 22.1. The lowest BCUT2D eigenvalue weighted by atomic mass is 10.2. The Morgan fingerprint density at radius 1 is 1.25 bits per heavy atom. The SMILES string of the molecule is Cn1cc2cc(NC(=O)c3cnc(N4CC[C@H](NC5CC5)C4)cn3)c(OCC#N)cc2n1. The van der Waals surface area contributed by atoms with Crippen LogP contribution < -0.4 is 20.3 Å². The monoisotopic (exact) mass is 432 g/mol.